The van der Waals surface area contributed by atoms with E-state index in [0.717, 1.165) is 0 Å². The molecular formula is C17H17ClN2O3S. The maximum atomic E-state index is 12.3. The SMILES string of the molecule is CN(CC(=O)Nc1cccc(Cl)c1)C(=O)c1ccc(S(C)=O)cc1. The maximum Gasteiger partial charge on any atom is 0.254 e. The highest BCUT2D eigenvalue weighted by Gasteiger charge is 2.15. The Morgan fingerprint density at radius 1 is 1.17 bits per heavy atom. The number of amides is 2. The van der Waals surface area contributed by atoms with Crippen LogP contribution in [0.1, 0.15) is 10.4 Å². The van der Waals surface area contributed by atoms with E-state index < -0.39 is 10.8 Å². The zero-order valence-corrected chi connectivity index (χ0v) is 14.9. The molecule has 0 fully saturated rings. The topological polar surface area (TPSA) is 66.5 Å². The summed E-state index contributed by atoms with van der Waals surface area (Å²) >= 11 is 5.86. The Hall–Kier alpha value is -2.18. The van der Waals surface area contributed by atoms with E-state index in [1.807, 2.05) is 0 Å². The fourth-order valence-electron chi connectivity index (χ4n) is 2.06. The normalized spacial score (nSPS) is 11.6. The van der Waals surface area contributed by atoms with Crippen molar-refractivity contribution in [3.63, 3.8) is 0 Å². The predicted molar refractivity (Wildman–Crippen MR) is 95.8 cm³/mol. The first-order chi connectivity index (χ1) is 11.4. The van der Waals surface area contributed by atoms with Gasteiger partial charge in [0.2, 0.25) is 5.91 Å². The molecule has 0 spiro atoms. The molecule has 2 amide bonds. The van der Waals surface area contributed by atoms with Crippen LogP contribution in [0.3, 0.4) is 0 Å². The molecule has 0 radical (unpaired) electrons. The van der Waals surface area contributed by atoms with Crippen molar-refractivity contribution in [2.45, 2.75) is 4.90 Å². The Balaban J connectivity index is 1.97. The van der Waals surface area contributed by atoms with Crippen LogP contribution in [0.15, 0.2) is 53.4 Å². The van der Waals surface area contributed by atoms with Crippen molar-refractivity contribution in [3.05, 3.63) is 59.1 Å². The molecular weight excluding hydrogens is 348 g/mol. The second kappa shape index (κ2) is 8.08. The van der Waals surface area contributed by atoms with E-state index >= 15 is 0 Å². The van der Waals surface area contributed by atoms with Crippen molar-refractivity contribution < 1.29 is 13.8 Å². The summed E-state index contributed by atoms with van der Waals surface area (Å²) in [7, 11) is 0.453. The summed E-state index contributed by atoms with van der Waals surface area (Å²) in [5.41, 5.74) is 1.00. The summed E-state index contributed by atoms with van der Waals surface area (Å²) in [6, 6.07) is 13.3. The van der Waals surface area contributed by atoms with Gasteiger partial charge in [0.05, 0.1) is 6.54 Å². The van der Waals surface area contributed by atoms with Gasteiger partial charge in [0.15, 0.2) is 0 Å². The molecule has 2 aromatic rings. The third kappa shape index (κ3) is 4.91. The number of hydrogen-bond acceptors (Lipinski definition) is 3. The van der Waals surface area contributed by atoms with Crippen LogP contribution in [0.5, 0.6) is 0 Å². The molecule has 1 atom stereocenters. The number of carbonyl (C=O) groups excluding carboxylic acids is 2. The van der Waals surface area contributed by atoms with E-state index in [-0.39, 0.29) is 18.4 Å². The van der Waals surface area contributed by atoms with Gasteiger partial charge in [-0.1, -0.05) is 17.7 Å². The first-order valence-corrected chi connectivity index (χ1v) is 9.05. The largest absolute Gasteiger partial charge is 0.332 e. The van der Waals surface area contributed by atoms with Gasteiger partial charge in [0.25, 0.3) is 5.91 Å². The van der Waals surface area contributed by atoms with Crippen molar-refractivity contribution in [2.75, 3.05) is 25.2 Å². The fourth-order valence-corrected chi connectivity index (χ4v) is 2.77. The third-order valence-electron chi connectivity index (χ3n) is 3.27. The van der Waals surface area contributed by atoms with E-state index in [2.05, 4.69) is 5.32 Å². The first-order valence-electron chi connectivity index (χ1n) is 7.11. The summed E-state index contributed by atoms with van der Waals surface area (Å²) < 4.78 is 11.4. The Morgan fingerprint density at radius 3 is 2.42 bits per heavy atom. The zero-order valence-electron chi connectivity index (χ0n) is 13.3. The second-order valence-electron chi connectivity index (χ2n) is 5.20. The predicted octanol–water partition coefficient (Wildman–Crippen LogP) is 2.79. The molecule has 0 heterocycles. The molecule has 24 heavy (non-hydrogen) atoms. The molecule has 1 unspecified atom stereocenters. The summed E-state index contributed by atoms with van der Waals surface area (Å²) in [6.45, 7) is -0.0905. The third-order valence-corrected chi connectivity index (χ3v) is 4.44. The standard InChI is InChI=1S/C17H17ClN2O3S/c1-20(11-16(21)19-14-5-3-4-13(18)10-14)17(22)12-6-8-15(9-7-12)24(2)23/h3-10H,11H2,1-2H3,(H,19,21). The van der Waals surface area contributed by atoms with Gasteiger partial charge in [-0.3, -0.25) is 13.8 Å². The minimum atomic E-state index is -1.09. The molecule has 1 N–H and O–H groups in total. The van der Waals surface area contributed by atoms with Crippen molar-refractivity contribution in [1.29, 1.82) is 0 Å². The number of rotatable bonds is 5. The summed E-state index contributed by atoms with van der Waals surface area (Å²) in [4.78, 5) is 26.3. The van der Waals surface area contributed by atoms with Gasteiger partial charge < -0.3 is 10.2 Å². The number of likely N-dealkylation sites (N-methyl/N-ethyl adjacent to an activating group) is 1. The number of halogens is 1. The second-order valence-corrected chi connectivity index (χ2v) is 7.01. The van der Waals surface area contributed by atoms with Crippen LogP contribution in [0.2, 0.25) is 5.02 Å². The lowest BCUT2D eigenvalue weighted by Gasteiger charge is -2.17. The lowest BCUT2D eigenvalue weighted by Crippen LogP contribution is -2.34. The van der Waals surface area contributed by atoms with Crippen LogP contribution in [-0.2, 0) is 15.6 Å². The minimum Gasteiger partial charge on any atom is -0.332 e. The van der Waals surface area contributed by atoms with Crippen molar-refractivity contribution in [3.8, 4) is 0 Å². The fraction of sp³-hybridized carbons (Fsp3) is 0.176. The van der Waals surface area contributed by atoms with Gasteiger partial charge in [-0.2, -0.15) is 0 Å². The molecule has 0 bridgehead atoms. The van der Waals surface area contributed by atoms with Crippen molar-refractivity contribution in [1.82, 2.24) is 4.90 Å². The molecule has 7 heteroatoms. The monoisotopic (exact) mass is 364 g/mol. The van der Waals surface area contributed by atoms with Crippen LogP contribution in [0.4, 0.5) is 5.69 Å². The Morgan fingerprint density at radius 2 is 1.83 bits per heavy atom. The molecule has 0 aliphatic rings. The number of benzene rings is 2. The number of anilines is 1. The number of nitrogens with one attached hydrogen (secondary N) is 1. The van der Waals surface area contributed by atoms with E-state index in [4.69, 9.17) is 11.6 Å². The number of hydrogen-bond donors (Lipinski definition) is 1. The lowest BCUT2D eigenvalue weighted by molar-refractivity contribution is -0.116. The van der Waals surface area contributed by atoms with Crippen LogP contribution in [-0.4, -0.2) is 40.8 Å². The minimum absolute atomic E-state index is 0.0905. The smallest absolute Gasteiger partial charge is 0.254 e. The van der Waals surface area contributed by atoms with Gasteiger partial charge in [0, 0.05) is 45.3 Å². The average molecular weight is 365 g/mol. The lowest BCUT2D eigenvalue weighted by atomic mass is 10.2. The van der Waals surface area contributed by atoms with Crippen molar-refractivity contribution >= 4 is 39.9 Å². The summed E-state index contributed by atoms with van der Waals surface area (Å²) in [6.07, 6.45) is 1.57. The van der Waals surface area contributed by atoms with Gasteiger partial charge in [0.1, 0.15) is 0 Å². The molecule has 2 aromatic carbocycles. The molecule has 0 saturated heterocycles. The maximum absolute atomic E-state index is 12.3. The van der Waals surface area contributed by atoms with Crippen molar-refractivity contribution in [2.24, 2.45) is 0 Å². The number of carbonyl (C=O) groups is 2. The van der Waals surface area contributed by atoms with E-state index in [9.17, 15) is 13.8 Å². The molecule has 2 rings (SSSR count). The molecule has 0 aliphatic carbocycles. The molecule has 0 saturated carbocycles. The molecule has 126 valence electrons. The van der Waals surface area contributed by atoms with E-state index in [1.54, 1.807) is 61.8 Å². The Labute approximate surface area is 148 Å². The van der Waals surface area contributed by atoms with Crippen LogP contribution in [0, 0.1) is 0 Å². The average Bonchev–Trinajstić information content (AvgIpc) is 2.54. The van der Waals surface area contributed by atoms with Gasteiger partial charge >= 0.3 is 0 Å². The highest BCUT2D eigenvalue weighted by molar-refractivity contribution is 7.84. The molecule has 0 aliphatic heterocycles. The van der Waals surface area contributed by atoms with Gasteiger partial charge in [-0.15, -0.1) is 0 Å². The Kier molecular flexibility index (Phi) is 6.11. The van der Waals surface area contributed by atoms with Crippen LogP contribution < -0.4 is 5.32 Å². The van der Waals surface area contributed by atoms with Gasteiger partial charge in [-0.25, -0.2) is 0 Å². The first kappa shape index (κ1) is 18.2. The highest BCUT2D eigenvalue weighted by Crippen LogP contribution is 2.15. The summed E-state index contributed by atoms with van der Waals surface area (Å²) in [5.74, 6) is -0.607. The van der Waals surface area contributed by atoms with Gasteiger partial charge in [-0.05, 0) is 42.5 Å². The van der Waals surface area contributed by atoms with E-state index in [0.29, 0.717) is 21.2 Å². The number of nitrogens with zero attached hydrogens (tertiary/aromatic N) is 1. The Bertz CT molecular complexity index is 778. The van der Waals surface area contributed by atoms with Crippen LogP contribution in [0.25, 0.3) is 0 Å². The quantitative estimate of drug-likeness (QED) is 0.887. The van der Waals surface area contributed by atoms with E-state index in [1.165, 1.54) is 4.90 Å². The molecule has 5 nitrogen and oxygen atoms in total. The zero-order chi connectivity index (χ0) is 17.7. The summed E-state index contributed by atoms with van der Waals surface area (Å²) in [5, 5.41) is 3.21. The highest BCUT2D eigenvalue weighted by atomic mass is 35.5. The van der Waals surface area contributed by atoms with Crippen LogP contribution >= 0.6 is 11.6 Å². The molecule has 0 aromatic heterocycles.